The second-order valence-electron chi connectivity index (χ2n) is 7.07. The van der Waals surface area contributed by atoms with E-state index < -0.39 is 31.1 Å². The summed E-state index contributed by atoms with van der Waals surface area (Å²) in [6, 6.07) is 0. The summed E-state index contributed by atoms with van der Waals surface area (Å²) >= 11 is 0. The predicted molar refractivity (Wildman–Crippen MR) is 98.8 cm³/mol. The van der Waals surface area contributed by atoms with E-state index in [-0.39, 0.29) is 0 Å². The van der Waals surface area contributed by atoms with Crippen LogP contribution in [0.1, 0.15) is 58.8 Å². The Morgan fingerprint density at radius 3 is 1.34 bits per heavy atom. The molecule has 0 aliphatic heterocycles. The van der Waals surface area contributed by atoms with Crippen LogP contribution in [0.4, 0.5) is 26.3 Å². The van der Waals surface area contributed by atoms with E-state index in [4.69, 9.17) is 0 Å². The molecule has 0 saturated heterocycles. The zero-order chi connectivity index (χ0) is 23.6. The van der Waals surface area contributed by atoms with E-state index in [0.717, 1.165) is 4.13 Å². The quantitative estimate of drug-likeness (QED) is 0.239. The fourth-order valence-corrected chi connectivity index (χ4v) is 3.76. The van der Waals surface area contributed by atoms with Crippen LogP contribution < -0.4 is 0 Å². The van der Waals surface area contributed by atoms with Gasteiger partial charge in [0.25, 0.3) is 0 Å². The summed E-state index contributed by atoms with van der Waals surface area (Å²) in [5.74, 6) is 0. The minimum atomic E-state index is -6.72. The van der Waals surface area contributed by atoms with Crippen molar-refractivity contribution < 1.29 is 47.7 Å². The van der Waals surface area contributed by atoms with E-state index in [1.54, 1.807) is 0 Å². The number of unbranched alkanes of at least 4 members (excludes halogenated alkanes) is 5. The summed E-state index contributed by atoms with van der Waals surface area (Å²) in [6.07, 6.45) is 9.76. The second-order valence-corrected chi connectivity index (χ2v) is 10.5. The Balaban J connectivity index is 0. The lowest BCUT2D eigenvalue weighted by Crippen LogP contribution is -2.41. The normalized spacial score (nSPS) is 13.7. The standard InChI is InChI=1S/C13H30N.C2F6NO4S2/c1-5-7-9-10-11-13-14(3,4)12-8-6-2;3-1(4,5)14(10,11)9-15(12,13)2(6,7)8/h5-13H2,1-4H3;/q+1;-1. The van der Waals surface area contributed by atoms with Gasteiger partial charge in [0.2, 0.25) is 0 Å². The number of halogens is 6. The van der Waals surface area contributed by atoms with E-state index >= 15 is 0 Å². The zero-order valence-electron chi connectivity index (χ0n) is 17.0. The van der Waals surface area contributed by atoms with Crippen molar-refractivity contribution in [2.45, 2.75) is 69.8 Å². The largest absolute Gasteiger partial charge is 0.480 e. The van der Waals surface area contributed by atoms with Gasteiger partial charge in [-0.05, 0) is 19.3 Å². The molecule has 0 aliphatic rings. The molecule has 0 atom stereocenters. The Hall–Kier alpha value is -0.600. The highest BCUT2D eigenvalue weighted by Gasteiger charge is 2.46. The molecule has 0 unspecified atom stereocenters. The van der Waals surface area contributed by atoms with Crippen LogP contribution >= 0.6 is 0 Å². The van der Waals surface area contributed by atoms with Crippen molar-refractivity contribution >= 4 is 20.0 Å². The van der Waals surface area contributed by atoms with Gasteiger partial charge in [0.1, 0.15) is 0 Å². The number of rotatable bonds is 11. The van der Waals surface area contributed by atoms with E-state index in [1.807, 2.05) is 0 Å². The van der Waals surface area contributed by atoms with Crippen molar-refractivity contribution in [2.75, 3.05) is 27.2 Å². The van der Waals surface area contributed by atoms with Crippen molar-refractivity contribution in [2.24, 2.45) is 0 Å². The molecule has 0 bridgehead atoms. The van der Waals surface area contributed by atoms with Crippen LogP contribution in [0.2, 0.25) is 0 Å². The number of nitrogens with zero attached hydrogens (tertiary/aromatic N) is 2. The maximum absolute atomic E-state index is 11.4. The molecule has 0 amide bonds. The lowest BCUT2D eigenvalue weighted by Gasteiger charge is -2.29. The third kappa shape index (κ3) is 13.3. The van der Waals surface area contributed by atoms with E-state index in [9.17, 15) is 43.2 Å². The Labute approximate surface area is 169 Å². The molecule has 0 N–H and O–H groups in total. The molecule has 178 valence electrons. The van der Waals surface area contributed by atoms with Gasteiger partial charge in [-0.3, -0.25) is 0 Å². The molecule has 0 aromatic heterocycles. The van der Waals surface area contributed by atoms with E-state index in [2.05, 4.69) is 27.9 Å². The summed E-state index contributed by atoms with van der Waals surface area (Å²) in [5.41, 5.74) is -12.4. The number of quaternary nitrogens is 1. The Morgan fingerprint density at radius 2 is 1.00 bits per heavy atom. The summed E-state index contributed by atoms with van der Waals surface area (Å²) in [6.45, 7) is 7.27. The van der Waals surface area contributed by atoms with Crippen LogP contribution in [0.3, 0.4) is 0 Å². The molecule has 0 radical (unpaired) electrons. The van der Waals surface area contributed by atoms with Crippen LogP contribution in [0.15, 0.2) is 0 Å². The summed E-state index contributed by atoms with van der Waals surface area (Å²) < 4.78 is 110. The zero-order valence-corrected chi connectivity index (χ0v) is 18.6. The van der Waals surface area contributed by atoms with Gasteiger partial charge in [-0.2, -0.15) is 26.3 Å². The average Bonchev–Trinajstić information content (AvgIpc) is 2.50. The molecule has 0 aromatic carbocycles. The van der Waals surface area contributed by atoms with Crippen LogP contribution in [0.5, 0.6) is 0 Å². The third-order valence-electron chi connectivity index (χ3n) is 3.77. The molecular weight excluding hydrogens is 450 g/mol. The third-order valence-corrected chi connectivity index (χ3v) is 6.51. The fourth-order valence-electron chi connectivity index (χ4n) is 2.06. The Morgan fingerprint density at radius 1 is 0.655 bits per heavy atom. The van der Waals surface area contributed by atoms with Crippen LogP contribution in [0, 0.1) is 0 Å². The molecule has 6 nitrogen and oxygen atoms in total. The molecule has 0 aromatic rings. The molecule has 29 heavy (non-hydrogen) atoms. The maximum Gasteiger partial charge on any atom is 0.480 e. The Kier molecular flexibility index (Phi) is 13.0. The summed E-state index contributed by atoms with van der Waals surface area (Å²) in [7, 11) is -8.70. The van der Waals surface area contributed by atoms with Crippen molar-refractivity contribution in [1.29, 1.82) is 0 Å². The molecule has 0 saturated carbocycles. The summed E-state index contributed by atoms with van der Waals surface area (Å²) in [4.78, 5) is 0. The molecular formula is C15H30F6N2O4S2. The second kappa shape index (κ2) is 12.3. The molecule has 0 heterocycles. The Bertz CT molecular complexity index is 617. The van der Waals surface area contributed by atoms with Crippen LogP contribution in [-0.2, 0) is 20.0 Å². The van der Waals surface area contributed by atoms with E-state index in [1.165, 1.54) is 62.5 Å². The molecule has 0 fully saturated rings. The molecule has 0 aliphatic carbocycles. The molecule has 0 spiro atoms. The number of hydrogen-bond donors (Lipinski definition) is 0. The van der Waals surface area contributed by atoms with Gasteiger partial charge in [-0.1, -0.05) is 39.5 Å². The van der Waals surface area contributed by atoms with Crippen molar-refractivity contribution in [3.63, 3.8) is 0 Å². The number of hydrogen-bond acceptors (Lipinski definition) is 4. The molecule has 14 heteroatoms. The van der Waals surface area contributed by atoms with Gasteiger partial charge in [0.05, 0.1) is 27.2 Å². The first-order valence-corrected chi connectivity index (χ1v) is 11.9. The van der Waals surface area contributed by atoms with Crippen LogP contribution in [0.25, 0.3) is 4.13 Å². The first-order valence-electron chi connectivity index (χ1n) is 9.02. The topological polar surface area (TPSA) is 82.4 Å². The monoisotopic (exact) mass is 480 g/mol. The van der Waals surface area contributed by atoms with Gasteiger partial charge in [0, 0.05) is 0 Å². The highest BCUT2D eigenvalue weighted by Crippen LogP contribution is 2.36. The maximum atomic E-state index is 11.4. The fraction of sp³-hybridized carbons (Fsp3) is 1.00. The van der Waals surface area contributed by atoms with Crippen LogP contribution in [-0.4, -0.2) is 59.5 Å². The highest BCUT2D eigenvalue weighted by molar-refractivity contribution is 8.13. The SMILES string of the molecule is CCCCCCC[N+](C)(C)CCCC.O=S(=O)([N-]S(=O)(=O)C(F)(F)F)C(F)(F)F. The lowest BCUT2D eigenvalue weighted by atomic mass is 10.1. The summed E-state index contributed by atoms with van der Waals surface area (Å²) in [5, 5.41) is 0. The first kappa shape index (κ1) is 30.6. The van der Waals surface area contributed by atoms with Gasteiger partial charge < -0.3 is 8.61 Å². The number of sulfonamides is 2. The highest BCUT2D eigenvalue weighted by atomic mass is 32.3. The predicted octanol–water partition coefficient (Wildman–Crippen LogP) is 4.89. The van der Waals surface area contributed by atoms with Gasteiger partial charge in [-0.15, -0.1) is 0 Å². The number of alkyl halides is 6. The first-order chi connectivity index (χ1) is 12.8. The smallest absolute Gasteiger partial charge is 0.421 e. The lowest BCUT2D eigenvalue weighted by molar-refractivity contribution is -0.890. The van der Waals surface area contributed by atoms with Gasteiger partial charge in [0.15, 0.2) is 20.0 Å². The van der Waals surface area contributed by atoms with Gasteiger partial charge >= 0.3 is 11.0 Å². The minimum Gasteiger partial charge on any atom is -0.421 e. The average molecular weight is 481 g/mol. The minimum absolute atomic E-state index is 0.778. The molecule has 0 rings (SSSR count). The van der Waals surface area contributed by atoms with Crippen molar-refractivity contribution in [3.05, 3.63) is 4.13 Å². The van der Waals surface area contributed by atoms with Crippen molar-refractivity contribution in [3.8, 4) is 0 Å². The van der Waals surface area contributed by atoms with Gasteiger partial charge in [-0.25, -0.2) is 16.8 Å². The van der Waals surface area contributed by atoms with Crippen molar-refractivity contribution in [1.82, 2.24) is 0 Å². The van der Waals surface area contributed by atoms with E-state index in [0.29, 0.717) is 0 Å².